The Balaban J connectivity index is 3.56. The first kappa shape index (κ1) is 9.76. The lowest BCUT2D eigenvalue weighted by Crippen LogP contribution is -2.16. The van der Waals surface area contributed by atoms with Gasteiger partial charge in [-0.05, 0) is 6.92 Å². The minimum absolute atomic E-state index is 0.190. The zero-order chi connectivity index (χ0) is 10.2. The first-order valence-electron chi connectivity index (χ1n) is 3.70. The lowest BCUT2D eigenvalue weighted by molar-refractivity contribution is -0.0500. The van der Waals surface area contributed by atoms with Gasteiger partial charge in [0.25, 0.3) is 0 Å². The monoisotopic (exact) mass is 185 g/mol. The molecule has 1 aromatic rings. The van der Waals surface area contributed by atoms with Crippen LogP contribution in [0, 0.1) is 6.92 Å². The Hall–Kier alpha value is -1.33. The molecule has 0 aromatic carbocycles. The van der Waals surface area contributed by atoms with E-state index in [1.165, 1.54) is 17.7 Å². The third-order valence-electron chi connectivity index (χ3n) is 1.95. The molecule has 0 saturated carbocycles. The third-order valence-corrected chi connectivity index (χ3v) is 1.95. The van der Waals surface area contributed by atoms with Gasteiger partial charge in [-0.1, -0.05) is 0 Å². The summed E-state index contributed by atoms with van der Waals surface area (Å²) in [5.74, 6) is -0.622. The van der Waals surface area contributed by atoms with Crippen molar-refractivity contribution in [2.24, 2.45) is 7.05 Å². The van der Waals surface area contributed by atoms with Crippen molar-refractivity contribution in [1.29, 1.82) is 0 Å². The van der Waals surface area contributed by atoms with Crippen LogP contribution in [0.4, 0.5) is 0 Å². The predicted octanol–water partition coefficient (Wildman–Crippen LogP) is -0.617. The van der Waals surface area contributed by atoms with Crippen LogP contribution < -0.4 is 5.43 Å². The highest BCUT2D eigenvalue weighted by molar-refractivity contribution is 5.30. The number of aromatic hydroxyl groups is 1. The number of aliphatic hydroxyl groups excluding tert-OH is 1. The number of rotatable bonds is 1. The number of nitrogens with zero attached hydrogens (tertiary/aromatic N) is 1. The van der Waals surface area contributed by atoms with E-state index in [2.05, 4.69) is 0 Å². The molecule has 1 heterocycles. The Labute approximate surface area is 74.5 Å². The molecule has 5 nitrogen and oxygen atoms in total. The fourth-order valence-corrected chi connectivity index (χ4v) is 1.13. The second-order valence-corrected chi connectivity index (χ2v) is 2.82. The minimum Gasteiger partial charge on any atom is -0.503 e. The van der Waals surface area contributed by atoms with E-state index in [9.17, 15) is 9.90 Å². The molecule has 0 spiro atoms. The standard InChI is InChI=1S/C8H11NO4/c1-4-3-5(10)7(11)6(8(12)13)9(4)2/h3,8,11-13H,1-2H3. The average Bonchev–Trinajstić information content (AvgIpc) is 2.01. The summed E-state index contributed by atoms with van der Waals surface area (Å²) < 4.78 is 1.35. The lowest BCUT2D eigenvalue weighted by Gasteiger charge is -2.14. The molecule has 1 aromatic heterocycles. The quantitative estimate of drug-likeness (QED) is 0.509. The number of hydrogen-bond acceptors (Lipinski definition) is 4. The molecule has 5 heteroatoms. The van der Waals surface area contributed by atoms with E-state index < -0.39 is 17.5 Å². The van der Waals surface area contributed by atoms with Gasteiger partial charge in [0.05, 0.1) is 0 Å². The summed E-state index contributed by atoms with van der Waals surface area (Å²) >= 11 is 0. The van der Waals surface area contributed by atoms with Crippen molar-refractivity contribution in [3.8, 4) is 5.75 Å². The van der Waals surface area contributed by atoms with Crippen molar-refractivity contribution in [1.82, 2.24) is 4.57 Å². The molecule has 0 saturated heterocycles. The fraction of sp³-hybridized carbons (Fsp3) is 0.375. The maximum atomic E-state index is 11.0. The predicted molar refractivity (Wildman–Crippen MR) is 45.3 cm³/mol. The summed E-state index contributed by atoms with van der Waals surface area (Å²) in [6.45, 7) is 1.63. The molecule has 0 radical (unpaired) electrons. The Morgan fingerprint density at radius 1 is 1.46 bits per heavy atom. The van der Waals surface area contributed by atoms with E-state index in [0.717, 1.165) is 0 Å². The summed E-state index contributed by atoms with van der Waals surface area (Å²) in [5.41, 5.74) is -0.255. The summed E-state index contributed by atoms with van der Waals surface area (Å²) in [6, 6.07) is 1.22. The smallest absolute Gasteiger partial charge is 0.223 e. The fourth-order valence-electron chi connectivity index (χ4n) is 1.13. The van der Waals surface area contributed by atoms with Gasteiger partial charge in [-0.2, -0.15) is 0 Å². The molecule has 0 bridgehead atoms. The minimum atomic E-state index is -1.85. The zero-order valence-electron chi connectivity index (χ0n) is 7.35. The molecule has 13 heavy (non-hydrogen) atoms. The van der Waals surface area contributed by atoms with Crippen molar-refractivity contribution in [3.05, 3.63) is 27.7 Å². The molecule has 0 fully saturated rings. The van der Waals surface area contributed by atoms with E-state index in [0.29, 0.717) is 5.69 Å². The van der Waals surface area contributed by atoms with Crippen LogP contribution in [0.25, 0.3) is 0 Å². The molecule has 72 valence electrons. The second kappa shape index (κ2) is 3.20. The van der Waals surface area contributed by atoms with Gasteiger partial charge < -0.3 is 19.9 Å². The molecule has 1 rings (SSSR count). The largest absolute Gasteiger partial charge is 0.503 e. The first-order chi connectivity index (χ1) is 5.95. The van der Waals surface area contributed by atoms with Crippen molar-refractivity contribution >= 4 is 0 Å². The van der Waals surface area contributed by atoms with Crippen LogP contribution in [0.3, 0.4) is 0 Å². The van der Waals surface area contributed by atoms with Gasteiger partial charge >= 0.3 is 0 Å². The Morgan fingerprint density at radius 3 is 2.46 bits per heavy atom. The van der Waals surface area contributed by atoms with E-state index in [1.54, 1.807) is 6.92 Å². The molecular formula is C8H11NO4. The average molecular weight is 185 g/mol. The topological polar surface area (TPSA) is 82.7 Å². The highest BCUT2D eigenvalue weighted by Gasteiger charge is 2.15. The van der Waals surface area contributed by atoms with Crippen LogP contribution in [0.2, 0.25) is 0 Å². The number of aryl methyl sites for hydroxylation is 1. The second-order valence-electron chi connectivity index (χ2n) is 2.82. The number of pyridine rings is 1. The van der Waals surface area contributed by atoms with Gasteiger partial charge in [0.1, 0.15) is 5.69 Å². The summed E-state index contributed by atoms with van der Waals surface area (Å²) in [6.07, 6.45) is -1.85. The Morgan fingerprint density at radius 2 is 2.00 bits per heavy atom. The zero-order valence-corrected chi connectivity index (χ0v) is 7.35. The molecule has 0 atom stereocenters. The van der Waals surface area contributed by atoms with E-state index in [4.69, 9.17) is 10.2 Å². The van der Waals surface area contributed by atoms with Gasteiger partial charge in [-0.3, -0.25) is 4.79 Å². The molecule has 3 N–H and O–H groups in total. The molecule has 0 unspecified atom stereocenters. The van der Waals surface area contributed by atoms with E-state index >= 15 is 0 Å². The van der Waals surface area contributed by atoms with E-state index in [1.807, 2.05) is 0 Å². The van der Waals surface area contributed by atoms with Crippen LogP contribution in [0.1, 0.15) is 17.7 Å². The Bertz CT molecular complexity index is 380. The maximum absolute atomic E-state index is 11.0. The van der Waals surface area contributed by atoms with Crippen LogP contribution in [0.15, 0.2) is 10.9 Å². The van der Waals surface area contributed by atoms with Crippen molar-refractivity contribution in [2.75, 3.05) is 0 Å². The van der Waals surface area contributed by atoms with Gasteiger partial charge in [0.15, 0.2) is 12.0 Å². The molecule has 0 aliphatic heterocycles. The van der Waals surface area contributed by atoms with Gasteiger partial charge in [-0.15, -0.1) is 0 Å². The summed E-state index contributed by atoms with van der Waals surface area (Å²) in [7, 11) is 1.53. The van der Waals surface area contributed by atoms with Crippen LogP contribution >= 0.6 is 0 Å². The van der Waals surface area contributed by atoms with Crippen LogP contribution in [-0.4, -0.2) is 19.9 Å². The number of aromatic nitrogens is 1. The first-order valence-corrected chi connectivity index (χ1v) is 3.70. The van der Waals surface area contributed by atoms with Crippen molar-refractivity contribution < 1.29 is 15.3 Å². The van der Waals surface area contributed by atoms with E-state index in [-0.39, 0.29) is 5.69 Å². The molecule has 0 aliphatic carbocycles. The summed E-state index contributed by atoms with van der Waals surface area (Å²) in [5, 5.41) is 27.0. The van der Waals surface area contributed by atoms with Crippen molar-refractivity contribution in [2.45, 2.75) is 13.2 Å². The summed E-state index contributed by atoms with van der Waals surface area (Å²) in [4.78, 5) is 11.0. The van der Waals surface area contributed by atoms with Gasteiger partial charge in [0, 0.05) is 18.8 Å². The molecular weight excluding hydrogens is 174 g/mol. The van der Waals surface area contributed by atoms with Crippen LogP contribution in [-0.2, 0) is 7.05 Å². The van der Waals surface area contributed by atoms with Gasteiger partial charge in [0.2, 0.25) is 5.43 Å². The molecule has 0 aliphatic rings. The highest BCUT2D eigenvalue weighted by atomic mass is 16.5. The molecule has 0 amide bonds. The SMILES string of the molecule is Cc1cc(=O)c(O)c(C(O)O)n1C. The number of aliphatic hydroxyl groups is 2. The van der Waals surface area contributed by atoms with Crippen LogP contribution in [0.5, 0.6) is 5.75 Å². The number of hydrogen-bond donors (Lipinski definition) is 3. The third kappa shape index (κ3) is 1.56. The normalized spacial score (nSPS) is 10.8. The Kier molecular flexibility index (Phi) is 2.40. The maximum Gasteiger partial charge on any atom is 0.223 e. The highest BCUT2D eigenvalue weighted by Crippen LogP contribution is 2.18. The lowest BCUT2D eigenvalue weighted by atomic mass is 10.2. The van der Waals surface area contributed by atoms with Crippen molar-refractivity contribution in [3.63, 3.8) is 0 Å². The van der Waals surface area contributed by atoms with Gasteiger partial charge in [-0.25, -0.2) is 0 Å².